The maximum atomic E-state index is 14.8. The van der Waals surface area contributed by atoms with Crippen LogP contribution in [0.3, 0.4) is 0 Å². The number of hydrogen-bond acceptors (Lipinski definition) is 6. The highest BCUT2D eigenvalue weighted by Crippen LogP contribution is 2.25. The highest BCUT2D eigenvalue weighted by molar-refractivity contribution is 5.97. The molecule has 0 atom stereocenters. The van der Waals surface area contributed by atoms with Crippen LogP contribution < -0.4 is 15.4 Å². The third-order valence-electron chi connectivity index (χ3n) is 6.23. The number of carbonyl (C=O) groups is 2. The molecule has 8 nitrogen and oxygen atoms in total. The second-order valence-corrected chi connectivity index (χ2v) is 8.21. The fourth-order valence-electron chi connectivity index (χ4n) is 4.05. The van der Waals surface area contributed by atoms with E-state index in [2.05, 4.69) is 4.90 Å². The molecule has 0 bridgehead atoms. The van der Waals surface area contributed by atoms with E-state index in [0.717, 1.165) is 26.3 Å². The third kappa shape index (κ3) is 5.16. The number of nitrogens with zero attached hydrogens (tertiary/aromatic N) is 3. The molecular formula is C24H29FN4O4. The predicted octanol–water partition coefficient (Wildman–Crippen LogP) is 2.12. The third-order valence-corrected chi connectivity index (χ3v) is 6.23. The number of benzene rings is 2. The Morgan fingerprint density at radius 3 is 2.36 bits per heavy atom. The Morgan fingerprint density at radius 2 is 1.82 bits per heavy atom. The van der Waals surface area contributed by atoms with Gasteiger partial charge in [-0.2, -0.15) is 0 Å². The first-order valence-electron chi connectivity index (χ1n) is 11.0. The first kappa shape index (κ1) is 23.2. The first-order valence-corrected chi connectivity index (χ1v) is 11.0. The Labute approximate surface area is 192 Å². The molecule has 0 saturated carbocycles. The van der Waals surface area contributed by atoms with Crippen molar-refractivity contribution in [2.45, 2.75) is 12.6 Å². The molecule has 2 aromatic carbocycles. The van der Waals surface area contributed by atoms with Crippen molar-refractivity contribution < 1.29 is 23.5 Å². The number of rotatable bonds is 7. The minimum absolute atomic E-state index is 0.0325. The van der Waals surface area contributed by atoms with Crippen LogP contribution in [-0.2, 0) is 11.3 Å². The first-order chi connectivity index (χ1) is 16.0. The zero-order chi connectivity index (χ0) is 23.4. The molecule has 0 radical (unpaired) electrons. The number of piperazine rings is 1. The molecule has 9 heteroatoms. The van der Waals surface area contributed by atoms with Gasteiger partial charge in [-0.3, -0.25) is 14.6 Å². The summed E-state index contributed by atoms with van der Waals surface area (Å²) in [7, 11) is 1.57. The van der Waals surface area contributed by atoms with E-state index in [-0.39, 0.29) is 30.5 Å². The van der Waals surface area contributed by atoms with Gasteiger partial charge in [0, 0.05) is 43.0 Å². The highest BCUT2D eigenvalue weighted by Gasteiger charge is 2.32. The maximum absolute atomic E-state index is 14.8. The zero-order valence-corrected chi connectivity index (χ0v) is 18.7. The van der Waals surface area contributed by atoms with Crippen LogP contribution in [0, 0.1) is 5.82 Å². The van der Waals surface area contributed by atoms with Gasteiger partial charge in [0.2, 0.25) is 0 Å². The number of nitrogens with two attached hydrogens (primary N) is 1. The fourth-order valence-corrected chi connectivity index (χ4v) is 4.05. The molecule has 2 amide bonds. The molecule has 0 aliphatic carbocycles. The standard InChI is InChI=1S/C24H29FN4O4/c1-32-21-6-4-19(5-7-21)29(14-18-3-2-17(12-22(18)25)23(30)13-26)24(31)28-10-8-27(9-11-28)20-15-33-16-20/h2-7,12,20H,8-11,13-16,26H2,1H3. The summed E-state index contributed by atoms with van der Waals surface area (Å²) < 4.78 is 25.4. The summed E-state index contributed by atoms with van der Waals surface area (Å²) in [5.41, 5.74) is 6.56. The summed E-state index contributed by atoms with van der Waals surface area (Å²) >= 11 is 0. The van der Waals surface area contributed by atoms with Crippen LogP contribution in [0.2, 0.25) is 0 Å². The van der Waals surface area contributed by atoms with E-state index in [0.29, 0.717) is 36.1 Å². The van der Waals surface area contributed by atoms with Gasteiger partial charge in [0.25, 0.3) is 0 Å². The molecule has 2 heterocycles. The lowest BCUT2D eigenvalue weighted by atomic mass is 10.1. The second kappa shape index (κ2) is 10.3. The Morgan fingerprint density at radius 1 is 1.12 bits per heavy atom. The van der Waals surface area contributed by atoms with E-state index in [4.69, 9.17) is 15.2 Å². The van der Waals surface area contributed by atoms with E-state index >= 15 is 0 Å². The van der Waals surface area contributed by atoms with Crippen LogP contribution >= 0.6 is 0 Å². The Hall–Kier alpha value is -3.01. The molecule has 2 aromatic rings. The topological polar surface area (TPSA) is 88.3 Å². The predicted molar refractivity (Wildman–Crippen MR) is 122 cm³/mol. The molecule has 2 N–H and O–H groups in total. The molecule has 176 valence electrons. The molecule has 4 rings (SSSR count). The number of ether oxygens (including phenoxy) is 2. The lowest BCUT2D eigenvalue weighted by Crippen LogP contribution is -2.59. The minimum Gasteiger partial charge on any atom is -0.497 e. The van der Waals surface area contributed by atoms with Gasteiger partial charge in [-0.1, -0.05) is 12.1 Å². The van der Waals surface area contributed by atoms with Crippen LogP contribution in [0.25, 0.3) is 0 Å². The molecular weight excluding hydrogens is 427 g/mol. The number of Topliss-reactive ketones (excluding diaryl/α,β-unsaturated/α-hetero) is 1. The monoisotopic (exact) mass is 456 g/mol. The zero-order valence-electron chi connectivity index (χ0n) is 18.7. The number of hydrogen-bond donors (Lipinski definition) is 1. The summed E-state index contributed by atoms with van der Waals surface area (Å²) in [6.07, 6.45) is 0. The van der Waals surface area contributed by atoms with Crippen molar-refractivity contribution in [3.05, 3.63) is 59.4 Å². The van der Waals surface area contributed by atoms with Gasteiger partial charge in [-0.05, 0) is 30.3 Å². The molecule has 0 aromatic heterocycles. The molecule has 0 spiro atoms. The van der Waals surface area contributed by atoms with Gasteiger partial charge < -0.3 is 20.1 Å². The number of halogens is 1. The van der Waals surface area contributed by atoms with E-state index in [1.165, 1.54) is 12.1 Å². The van der Waals surface area contributed by atoms with Crippen LogP contribution in [0.5, 0.6) is 5.75 Å². The molecule has 2 fully saturated rings. The van der Waals surface area contributed by atoms with E-state index in [9.17, 15) is 14.0 Å². The van der Waals surface area contributed by atoms with Crippen molar-refractivity contribution in [1.82, 2.24) is 9.80 Å². The van der Waals surface area contributed by atoms with Crippen molar-refractivity contribution in [2.75, 3.05) is 57.9 Å². The van der Waals surface area contributed by atoms with E-state index < -0.39 is 5.82 Å². The largest absolute Gasteiger partial charge is 0.497 e. The maximum Gasteiger partial charge on any atom is 0.324 e. The number of methoxy groups -OCH3 is 1. The van der Waals surface area contributed by atoms with E-state index in [1.807, 2.05) is 0 Å². The molecule has 2 saturated heterocycles. The minimum atomic E-state index is -0.546. The highest BCUT2D eigenvalue weighted by atomic mass is 19.1. The van der Waals surface area contributed by atoms with Gasteiger partial charge in [0.15, 0.2) is 5.78 Å². The Bertz CT molecular complexity index is 988. The Balaban J connectivity index is 1.54. The smallest absolute Gasteiger partial charge is 0.324 e. The van der Waals surface area contributed by atoms with Crippen molar-refractivity contribution in [2.24, 2.45) is 5.73 Å². The normalized spacial score (nSPS) is 16.9. The summed E-state index contributed by atoms with van der Waals surface area (Å²) in [6.45, 7) is 4.07. The second-order valence-electron chi connectivity index (χ2n) is 8.21. The van der Waals surface area contributed by atoms with Gasteiger partial charge in [-0.15, -0.1) is 0 Å². The average molecular weight is 457 g/mol. The molecule has 2 aliphatic heterocycles. The molecule has 33 heavy (non-hydrogen) atoms. The van der Waals surface area contributed by atoms with Crippen LogP contribution in [-0.4, -0.2) is 80.7 Å². The Kier molecular flexibility index (Phi) is 7.22. The SMILES string of the molecule is COc1ccc(N(Cc2ccc(C(=O)CN)cc2F)C(=O)N2CCN(C3COC3)CC2)cc1. The quantitative estimate of drug-likeness (QED) is 0.642. The van der Waals surface area contributed by atoms with Crippen molar-refractivity contribution in [3.63, 3.8) is 0 Å². The summed E-state index contributed by atoms with van der Waals surface area (Å²) in [4.78, 5) is 31.0. The number of anilines is 1. The van der Waals surface area contributed by atoms with Crippen molar-refractivity contribution >= 4 is 17.5 Å². The van der Waals surface area contributed by atoms with Crippen molar-refractivity contribution in [1.29, 1.82) is 0 Å². The average Bonchev–Trinajstić information content (AvgIpc) is 2.82. The number of urea groups is 1. The van der Waals surface area contributed by atoms with E-state index in [1.54, 1.807) is 47.2 Å². The van der Waals surface area contributed by atoms with Gasteiger partial charge in [-0.25, -0.2) is 9.18 Å². The molecule has 0 unspecified atom stereocenters. The van der Waals surface area contributed by atoms with Crippen LogP contribution in [0.4, 0.5) is 14.9 Å². The van der Waals surface area contributed by atoms with Gasteiger partial charge in [0.05, 0.1) is 39.5 Å². The summed E-state index contributed by atoms with van der Waals surface area (Å²) in [6, 6.07) is 11.6. The lowest BCUT2D eigenvalue weighted by Gasteiger charge is -2.43. The van der Waals surface area contributed by atoms with Crippen LogP contribution in [0.15, 0.2) is 42.5 Å². The number of ketones is 1. The van der Waals surface area contributed by atoms with Crippen molar-refractivity contribution in [3.8, 4) is 5.75 Å². The van der Waals surface area contributed by atoms with Gasteiger partial charge >= 0.3 is 6.03 Å². The number of carbonyl (C=O) groups excluding carboxylic acids is 2. The molecule has 2 aliphatic rings. The summed E-state index contributed by atoms with van der Waals surface area (Å²) in [5, 5.41) is 0. The van der Waals surface area contributed by atoms with Gasteiger partial charge in [0.1, 0.15) is 11.6 Å². The lowest BCUT2D eigenvalue weighted by molar-refractivity contribution is -0.0738. The fraction of sp³-hybridized carbons (Fsp3) is 0.417. The number of amides is 2. The summed E-state index contributed by atoms with van der Waals surface area (Å²) in [5.74, 6) is -0.216. The van der Waals surface area contributed by atoms with Crippen LogP contribution in [0.1, 0.15) is 15.9 Å².